The normalized spacial score (nSPS) is 14.5. The van der Waals surface area contributed by atoms with Crippen molar-refractivity contribution in [3.63, 3.8) is 0 Å². The third kappa shape index (κ3) is 5.83. The van der Waals surface area contributed by atoms with E-state index in [1.807, 2.05) is 27.7 Å². The SMILES string of the molecule is CC(C)c1noc(CCCC(=O)NCC(C)(O)C(C)C)n1. The molecule has 2 N–H and O–H groups in total. The summed E-state index contributed by atoms with van der Waals surface area (Å²) in [6.45, 7) is 9.85. The molecule has 0 aromatic carbocycles. The van der Waals surface area contributed by atoms with Gasteiger partial charge in [0.15, 0.2) is 5.82 Å². The largest absolute Gasteiger partial charge is 0.388 e. The minimum atomic E-state index is -0.881. The monoisotopic (exact) mass is 297 g/mol. The van der Waals surface area contributed by atoms with Crippen LogP contribution >= 0.6 is 0 Å². The molecule has 1 aromatic heterocycles. The van der Waals surface area contributed by atoms with Gasteiger partial charge in [0, 0.05) is 25.3 Å². The van der Waals surface area contributed by atoms with Crippen LogP contribution in [0.2, 0.25) is 0 Å². The van der Waals surface area contributed by atoms with E-state index in [0.717, 1.165) is 0 Å². The molecular weight excluding hydrogens is 270 g/mol. The molecule has 1 rings (SSSR count). The van der Waals surface area contributed by atoms with Crippen LogP contribution in [0.25, 0.3) is 0 Å². The van der Waals surface area contributed by atoms with Crippen molar-refractivity contribution < 1.29 is 14.4 Å². The number of carbonyl (C=O) groups is 1. The fourth-order valence-corrected chi connectivity index (χ4v) is 1.57. The lowest BCUT2D eigenvalue weighted by molar-refractivity contribution is -0.122. The van der Waals surface area contributed by atoms with Crippen molar-refractivity contribution >= 4 is 5.91 Å². The van der Waals surface area contributed by atoms with Gasteiger partial charge in [0.05, 0.1) is 5.60 Å². The lowest BCUT2D eigenvalue weighted by atomic mass is 9.92. The highest BCUT2D eigenvalue weighted by atomic mass is 16.5. The summed E-state index contributed by atoms with van der Waals surface area (Å²) in [4.78, 5) is 16.0. The van der Waals surface area contributed by atoms with E-state index < -0.39 is 5.60 Å². The average Bonchev–Trinajstić information content (AvgIpc) is 2.85. The quantitative estimate of drug-likeness (QED) is 0.766. The molecule has 0 aliphatic heterocycles. The fraction of sp³-hybridized carbons (Fsp3) is 0.800. The molecule has 21 heavy (non-hydrogen) atoms. The Kier molecular flexibility index (Phi) is 6.33. The van der Waals surface area contributed by atoms with Crippen molar-refractivity contribution in [2.75, 3.05) is 6.54 Å². The van der Waals surface area contributed by atoms with Crippen LogP contribution < -0.4 is 5.32 Å². The summed E-state index contributed by atoms with van der Waals surface area (Å²) in [6.07, 6.45) is 1.62. The van der Waals surface area contributed by atoms with Gasteiger partial charge in [0.2, 0.25) is 11.8 Å². The molecule has 1 unspecified atom stereocenters. The average molecular weight is 297 g/mol. The molecule has 0 saturated heterocycles. The zero-order chi connectivity index (χ0) is 16.0. The number of aliphatic hydroxyl groups is 1. The first-order valence-corrected chi connectivity index (χ1v) is 7.54. The van der Waals surface area contributed by atoms with E-state index in [4.69, 9.17) is 4.52 Å². The Bertz CT molecular complexity index is 453. The molecule has 1 heterocycles. The molecule has 120 valence electrons. The molecule has 0 fully saturated rings. The van der Waals surface area contributed by atoms with Gasteiger partial charge in [-0.3, -0.25) is 4.79 Å². The summed E-state index contributed by atoms with van der Waals surface area (Å²) in [6, 6.07) is 0. The fourth-order valence-electron chi connectivity index (χ4n) is 1.57. The standard InChI is InChI=1S/C15H27N3O3/c1-10(2)14-17-13(21-18-14)8-6-7-12(19)16-9-15(5,20)11(3)4/h10-11,20H,6-9H2,1-5H3,(H,16,19). The van der Waals surface area contributed by atoms with Gasteiger partial charge >= 0.3 is 0 Å². The number of nitrogens with one attached hydrogen (secondary N) is 1. The van der Waals surface area contributed by atoms with E-state index in [2.05, 4.69) is 15.5 Å². The minimum absolute atomic E-state index is 0.0699. The Balaban J connectivity index is 2.27. The van der Waals surface area contributed by atoms with Crippen LogP contribution in [0.3, 0.4) is 0 Å². The number of hydrogen-bond donors (Lipinski definition) is 2. The highest BCUT2D eigenvalue weighted by Crippen LogP contribution is 2.14. The van der Waals surface area contributed by atoms with Crippen LogP contribution in [0.15, 0.2) is 4.52 Å². The maximum Gasteiger partial charge on any atom is 0.226 e. The summed E-state index contributed by atoms with van der Waals surface area (Å²) in [7, 11) is 0. The summed E-state index contributed by atoms with van der Waals surface area (Å²) >= 11 is 0. The summed E-state index contributed by atoms with van der Waals surface area (Å²) in [5, 5.41) is 16.7. The predicted octanol–water partition coefficient (Wildman–Crippen LogP) is 2.04. The van der Waals surface area contributed by atoms with Crippen LogP contribution in [0.4, 0.5) is 0 Å². The van der Waals surface area contributed by atoms with Gasteiger partial charge in [0.25, 0.3) is 0 Å². The first kappa shape index (κ1) is 17.6. The minimum Gasteiger partial charge on any atom is -0.388 e. The van der Waals surface area contributed by atoms with Crippen molar-refractivity contribution in [2.24, 2.45) is 5.92 Å². The van der Waals surface area contributed by atoms with Gasteiger partial charge < -0.3 is 14.9 Å². The highest BCUT2D eigenvalue weighted by Gasteiger charge is 2.25. The lowest BCUT2D eigenvalue weighted by Crippen LogP contribution is -2.44. The Labute approximate surface area is 126 Å². The number of carbonyl (C=O) groups excluding carboxylic acids is 1. The highest BCUT2D eigenvalue weighted by molar-refractivity contribution is 5.75. The second kappa shape index (κ2) is 7.54. The van der Waals surface area contributed by atoms with Crippen LogP contribution in [0.1, 0.15) is 65.1 Å². The summed E-state index contributed by atoms with van der Waals surface area (Å²) in [5.41, 5.74) is -0.881. The molecule has 1 atom stereocenters. The number of aryl methyl sites for hydroxylation is 1. The van der Waals surface area contributed by atoms with Crippen molar-refractivity contribution in [3.05, 3.63) is 11.7 Å². The zero-order valence-electron chi connectivity index (χ0n) is 13.6. The molecule has 0 aliphatic rings. The van der Waals surface area contributed by atoms with Crippen molar-refractivity contribution in [3.8, 4) is 0 Å². The number of amides is 1. The van der Waals surface area contributed by atoms with E-state index in [9.17, 15) is 9.90 Å². The van der Waals surface area contributed by atoms with Crippen LogP contribution in [0, 0.1) is 5.92 Å². The molecule has 0 saturated carbocycles. The van der Waals surface area contributed by atoms with E-state index in [1.54, 1.807) is 6.92 Å². The molecule has 6 nitrogen and oxygen atoms in total. The van der Waals surface area contributed by atoms with Crippen LogP contribution in [0.5, 0.6) is 0 Å². The number of nitrogens with zero attached hydrogens (tertiary/aromatic N) is 2. The van der Waals surface area contributed by atoms with Gasteiger partial charge in [-0.1, -0.05) is 32.9 Å². The van der Waals surface area contributed by atoms with Crippen molar-refractivity contribution in [2.45, 2.75) is 65.4 Å². The molecule has 0 aliphatic carbocycles. The molecule has 0 radical (unpaired) electrons. The van der Waals surface area contributed by atoms with E-state index in [-0.39, 0.29) is 24.3 Å². The van der Waals surface area contributed by atoms with Crippen LogP contribution in [-0.4, -0.2) is 33.3 Å². The number of aromatic nitrogens is 2. The number of hydrogen-bond acceptors (Lipinski definition) is 5. The van der Waals surface area contributed by atoms with Gasteiger partial charge in [-0.15, -0.1) is 0 Å². The van der Waals surface area contributed by atoms with Crippen LogP contribution in [-0.2, 0) is 11.2 Å². The second-order valence-electron chi connectivity index (χ2n) is 6.34. The van der Waals surface area contributed by atoms with Gasteiger partial charge in [-0.05, 0) is 19.3 Å². The topological polar surface area (TPSA) is 88.2 Å². The third-order valence-corrected chi connectivity index (χ3v) is 3.68. The Morgan fingerprint density at radius 1 is 1.38 bits per heavy atom. The third-order valence-electron chi connectivity index (χ3n) is 3.68. The van der Waals surface area contributed by atoms with E-state index >= 15 is 0 Å². The predicted molar refractivity (Wildman–Crippen MR) is 79.8 cm³/mol. The number of rotatable bonds is 8. The second-order valence-corrected chi connectivity index (χ2v) is 6.34. The molecule has 0 bridgehead atoms. The summed E-state index contributed by atoms with van der Waals surface area (Å²) < 4.78 is 5.12. The molecule has 1 amide bonds. The Morgan fingerprint density at radius 3 is 2.57 bits per heavy atom. The van der Waals surface area contributed by atoms with Gasteiger partial charge in [-0.2, -0.15) is 4.98 Å². The van der Waals surface area contributed by atoms with Gasteiger partial charge in [0.1, 0.15) is 0 Å². The first-order valence-electron chi connectivity index (χ1n) is 7.54. The Morgan fingerprint density at radius 2 is 2.05 bits per heavy atom. The maximum absolute atomic E-state index is 11.7. The molecular formula is C15H27N3O3. The van der Waals surface area contributed by atoms with E-state index in [1.165, 1.54) is 0 Å². The van der Waals surface area contributed by atoms with E-state index in [0.29, 0.717) is 31.0 Å². The lowest BCUT2D eigenvalue weighted by Gasteiger charge is -2.27. The molecule has 0 spiro atoms. The maximum atomic E-state index is 11.7. The van der Waals surface area contributed by atoms with Crippen molar-refractivity contribution in [1.29, 1.82) is 0 Å². The first-order chi connectivity index (χ1) is 9.72. The molecule has 1 aromatic rings. The molecule has 6 heteroatoms. The zero-order valence-corrected chi connectivity index (χ0v) is 13.6. The smallest absolute Gasteiger partial charge is 0.226 e. The van der Waals surface area contributed by atoms with Gasteiger partial charge in [-0.25, -0.2) is 0 Å². The Hall–Kier alpha value is -1.43. The summed E-state index contributed by atoms with van der Waals surface area (Å²) in [5.74, 6) is 1.53. The van der Waals surface area contributed by atoms with Crippen molar-refractivity contribution in [1.82, 2.24) is 15.5 Å².